The quantitative estimate of drug-likeness (QED) is 0.862. The van der Waals surface area contributed by atoms with Gasteiger partial charge in [0.2, 0.25) is 0 Å². The molecule has 2 heterocycles. The van der Waals surface area contributed by atoms with E-state index in [-0.39, 0.29) is 11.1 Å². The molecule has 1 aliphatic rings. The minimum atomic E-state index is -1.07. The maximum absolute atomic E-state index is 12.2. The average Bonchev–Trinajstić information content (AvgIpc) is 2.91. The SMILES string of the molecule is O=C(O)c1ccc(=O)n(-c2ccccc2OCCN2CCCCCC2)c1. The molecule has 3 rings (SSSR count). The van der Waals surface area contributed by atoms with Gasteiger partial charge in [-0.25, -0.2) is 4.79 Å². The number of pyridine rings is 1. The lowest BCUT2D eigenvalue weighted by molar-refractivity contribution is 0.0696. The van der Waals surface area contributed by atoms with Crippen molar-refractivity contribution in [3.05, 3.63) is 58.5 Å². The topological polar surface area (TPSA) is 71.8 Å². The van der Waals surface area contributed by atoms with Crippen LogP contribution in [-0.2, 0) is 0 Å². The van der Waals surface area contributed by atoms with Gasteiger partial charge in [-0.1, -0.05) is 25.0 Å². The molecule has 6 heteroatoms. The van der Waals surface area contributed by atoms with Crippen LogP contribution in [-0.4, -0.2) is 46.8 Å². The van der Waals surface area contributed by atoms with Gasteiger partial charge in [-0.15, -0.1) is 0 Å². The lowest BCUT2D eigenvalue weighted by Gasteiger charge is -2.20. The summed E-state index contributed by atoms with van der Waals surface area (Å²) in [6.07, 6.45) is 6.38. The number of para-hydroxylation sites is 2. The first kappa shape index (κ1) is 18.2. The van der Waals surface area contributed by atoms with Crippen molar-refractivity contribution in [3.63, 3.8) is 0 Å². The lowest BCUT2D eigenvalue weighted by atomic mass is 10.2. The average molecular weight is 356 g/mol. The molecule has 0 spiro atoms. The molecule has 2 aromatic rings. The maximum atomic E-state index is 12.2. The van der Waals surface area contributed by atoms with E-state index in [0.29, 0.717) is 18.0 Å². The van der Waals surface area contributed by atoms with Gasteiger partial charge < -0.3 is 9.84 Å². The number of carbonyl (C=O) groups is 1. The highest BCUT2D eigenvalue weighted by atomic mass is 16.5. The maximum Gasteiger partial charge on any atom is 0.337 e. The van der Waals surface area contributed by atoms with E-state index in [1.165, 1.54) is 48.6 Å². The third kappa shape index (κ3) is 4.52. The number of hydrogen-bond acceptors (Lipinski definition) is 4. The van der Waals surface area contributed by atoms with Crippen LogP contribution in [0.3, 0.4) is 0 Å². The van der Waals surface area contributed by atoms with Crippen LogP contribution in [0.2, 0.25) is 0 Å². The first-order valence-electron chi connectivity index (χ1n) is 9.06. The second-order valence-electron chi connectivity index (χ2n) is 6.50. The van der Waals surface area contributed by atoms with E-state index in [9.17, 15) is 14.7 Å². The zero-order chi connectivity index (χ0) is 18.4. The number of rotatable bonds is 6. The van der Waals surface area contributed by atoms with Crippen molar-refractivity contribution < 1.29 is 14.6 Å². The van der Waals surface area contributed by atoms with Crippen LogP contribution in [0.15, 0.2) is 47.4 Å². The summed E-state index contributed by atoms with van der Waals surface area (Å²) in [6, 6.07) is 9.78. The number of benzene rings is 1. The highest BCUT2D eigenvalue weighted by Crippen LogP contribution is 2.21. The smallest absolute Gasteiger partial charge is 0.337 e. The summed E-state index contributed by atoms with van der Waals surface area (Å²) in [5.74, 6) is -0.495. The number of carboxylic acids is 1. The molecular formula is C20H24N2O4. The van der Waals surface area contributed by atoms with Crippen molar-refractivity contribution in [2.24, 2.45) is 0 Å². The first-order chi connectivity index (χ1) is 12.6. The van der Waals surface area contributed by atoms with Gasteiger partial charge in [0.15, 0.2) is 0 Å². The molecule has 1 saturated heterocycles. The Morgan fingerprint density at radius 3 is 2.50 bits per heavy atom. The molecule has 0 radical (unpaired) electrons. The Bertz CT molecular complexity index is 807. The van der Waals surface area contributed by atoms with Crippen LogP contribution >= 0.6 is 0 Å². The largest absolute Gasteiger partial charge is 0.490 e. The Labute approximate surface area is 152 Å². The standard InChI is InChI=1S/C20H24N2O4/c23-19-10-9-16(20(24)25)15-22(19)17-7-3-4-8-18(17)26-14-13-21-11-5-1-2-6-12-21/h3-4,7-10,15H,1-2,5-6,11-14H2,(H,24,25). The molecule has 0 amide bonds. The monoisotopic (exact) mass is 356 g/mol. The van der Waals surface area contributed by atoms with Crippen LogP contribution in [0.4, 0.5) is 0 Å². The van der Waals surface area contributed by atoms with E-state index in [0.717, 1.165) is 19.6 Å². The van der Waals surface area contributed by atoms with Crippen molar-refractivity contribution in [3.8, 4) is 11.4 Å². The minimum Gasteiger partial charge on any atom is -0.490 e. The second-order valence-corrected chi connectivity index (χ2v) is 6.50. The van der Waals surface area contributed by atoms with Gasteiger partial charge in [-0.05, 0) is 44.1 Å². The highest BCUT2D eigenvalue weighted by molar-refractivity contribution is 5.87. The van der Waals surface area contributed by atoms with E-state index in [2.05, 4.69) is 4.90 Å². The van der Waals surface area contributed by atoms with Crippen LogP contribution in [0, 0.1) is 0 Å². The van der Waals surface area contributed by atoms with Crippen LogP contribution < -0.4 is 10.3 Å². The van der Waals surface area contributed by atoms with E-state index in [1.54, 1.807) is 18.2 Å². The number of ether oxygens (including phenoxy) is 1. The number of aromatic nitrogens is 1. The molecule has 0 bridgehead atoms. The van der Waals surface area contributed by atoms with Gasteiger partial charge in [0.1, 0.15) is 12.4 Å². The number of hydrogen-bond donors (Lipinski definition) is 1. The van der Waals surface area contributed by atoms with Crippen LogP contribution in [0.5, 0.6) is 5.75 Å². The molecule has 1 aliphatic heterocycles. The van der Waals surface area contributed by atoms with Gasteiger partial charge in [-0.3, -0.25) is 14.3 Å². The summed E-state index contributed by atoms with van der Waals surface area (Å²) in [6.45, 7) is 3.58. The molecule has 0 aliphatic carbocycles. The molecule has 1 aromatic heterocycles. The molecule has 1 fully saturated rings. The van der Waals surface area contributed by atoms with Gasteiger partial charge >= 0.3 is 5.97 Å². The molecule has 6 nitrogen and oxygen atoms in total. The third-order valence-electron chi connectivity index (χ3n) is 4.65. The molecule has 1 aromatic carbocycles. The molecular weight excluding hydrogens is 332 g/mol. The summed E-state index contributed by atoms with van der Waals surface area (Å²) in [5.41, 5.74) is 0.319. The Hall–Kier alpha value is -2.60. The normalized spacial score (nSPS) is 15.4. The number of likely N-dealkylation sites (tertiary alicyclic amines) is 1. The summed E-state index contributed by atoms with van der Waals surface area (Å²) in [7, 11) is 0. The van der Waals surface area contributed by atoms with E-state index in [4.69, 9.17) is 4.74 Å². The fraction of sp³-hybridized carbons (Fsp3) is 0.400. The Morgan fingerprint density at radius 2 is 1.77 bits per heavy atom. The second kappa shape index (κ2) is 8.67. The fourth-order valence-corrected chi connectivity index (χ4v) is 3.22. The van der Waals surface area contributed by atoms with Crippen molar-refractivity contribution in [2.45, 2.75) is 25.7 Å². The predicted octanol–water partition coefficient (Wildman–Crippen LogP) is 2.79. The number of carboxylic acid groups (broad SMARTS) is 1. The van der Waals surface area contributed by atoms with Gasteiger partial charge in [0.25, 0.3) is 5.56 Å². The molecule has 1 N–H and O–H groups in total. The lowest BCUT2D eigenvalue weighted by Crippen LogP contribution is -2.29. The van der Waals surface area contributed by atoms with Crippen LogP contribution in [0.25, 0.3) is 5.69 Å². The fourth-order valence-electron chi connectivity index (χ4n) is 3.22. The van der Waals surface area contributed by atoms with Gasteiger partial charge in [-0.2, -0.15) is 0 Å². The summed E-state index contributed by atoms with van der Waals surface area (Å²) >= 11 is 0. The summed E-state index contributed by atoms with van der Waals surface area (Å²) in [4.78, 5) is 25.8. The Kier molecular flexibility index (Phi) is 6.07. The molecule has 0 saturated carbocycles. The molecule has 0 atom stereocenters. The number of nitrogens with zero attached hydrogens (tertiary/aromatic N) is 2. The van der Waals surface area contributed by atoms with Gasteiger partial charge in [0, 0.05) is 18.8 Å². The first-order valence-corrected chi connectivity index (χ1v) is 9.06. The minimum absolute atomic E-state index is 0.0592. The van der Waals surface area contributed by atoms with Gasteiger partial charge in [0.05, 0.1) is 11.3 Å². The van der Waals surface area contributed by atoms with E-state index >= 15 is 0 Å². The third-order valence-corrected chi connectivity index (χ3v) is 4.65. The molecule has 26 heavy (non-hydrogen) atoms. The number of aromatic carboxylic acids is 1. The Morgan fingerprint density at radius 1 is 1.04 bits per heavy atom. The van der Waals surface area contributed by atoms with Crippen molar-refractivity contribution in [1.82, 2.24) is 9.47 Å². The summed E-state index contributed by atoms with van der Waals surface area (Å²) < 4.78 is 7.27. The highest BCUT2D eigenvalue weighted by Gasteiger charge is 2.12. The van der Waals surface area contributed by atoms with Crippen molar-refractivity contribution >= 4 is 5.97 Å². The van der Waals surface area contributed by atoms with E-state index in [1.807, 2.05) is 6.07 Å². The molecule has 138 valence electrons. The zero-order valence-corrected chi connectivity index (χ0v) is 14.8. The van der Waals surface area contributed by atoms with Crippen molar-refractivity contribution in [1.29, 1.82) is 0 Å². The van der Waals surface area contributed by atoms with E-state index < -0.39 is 5.97 Å². The Balaban J connectivity index is 1.75. The predicted molar refractivity (Wildman–Crippen MR) is 99.4 cm³/mol. The zero-order valence-electron chi connectivity index (χ0n) is 14.8. The van der Waals surface area contributed by atoms with Crippen LogP contribution in [0.1, 0.15) is 36.0 Å². The summed E-state index contributed by atoms with van der Waals surface area (Å²) in [5, 5.41) is 9.17. The van der Waals surface area contributed by atoms with Crippen molar-refractivity contribution in [2.75, 3.05) is 26.2 Å². The molecule has 0 unspecified atom stereocenters.